The van der Waals surface area contributed by atoms with Crippen LogP contribution in [0.1, 0.15) is 37.9 Å². The summed E-state index contributed by atoms with van der Waals surface area (Å²) < 4.78 is 31.6. The van der Waals surface area contributed by atoms with Crippen LogP contribution in [0.2, 0.25) is 0 Å². The molecule has 0 bridgehead atoms. The number of aromatic nitrogens is 1. The van der Waals surface area contributed by atoms with Crippen molar-refractivity contribution < 1.29 is 28.5 Å². The number of terminal acetylenes is 1. The Kier molecular flexibility index (Phi) is 7.82. The number of rotatable bonds is 7. The number of carbonyl (C=O) groups excluding carboxylic acids is 1. The molecule has 0 saturated carbocycles. The lowest BCUT2D eigenvalue weighted by Crippen LogP contribution is -2.46. The van der Waals surface area contributed by atoms with E-state index >= 15 is 0 Å². The number of benzene rings is 2. The number of carbonyl (C=O) groups is 1. The first-order valence-electron chi connectivity index (χ1n) is 10.9. The summed E-state index contributed by atoms with van der Waals surface area (Å²) >= 11 is 0. The Morgan fingerprint density at radius 3 is 2.20 bits per heavy atom. The number of hydrogen-bond acceptors (Lipinski definition) is 5. The van der Waals surface area contributed by atoms with Gasteiger partial charge in [-0.05, 0) is 53.5 Å². The van der Waals surface area contributed by atoms with Gasteiger partial charge in [0.15, 0.2) is 5.75 Å². The molecule has 0 aliphatic carbocycles. The summed E-state index contributed by atoms with van der Waals surface area (Å²) in [6.45, 7) is 6.66. The molecule has 0 aliphatic rings. The van der Waals surface area contributed by atoms with Gasteiger partial charge in [-0.2, -0.15) is 4.89 Å². The lowest BCUT2D eigenvalue weighted by atomic mass is 9.92. The van der Waals surface area contributed by atoms with E-state index in [2.05, 4.69) is 0 Å². The predicted molar refractivity (Wildman–Crippen MR) is 133 cm³/mol. The molecule has 35 heavy (non-hydrogen) atoms. The first kappa shape index (κ1) is 26.2. The van der Waals surface area contributed by atoms with Gasteiger partial charge < -0.3 is 9.84 Å². The van der Waals surface area contributed by atoms with E-state index in [9.17, 15) is 23.7 Å². The number of ether oxygens (including phenoxy) is 1. The lowest BCUT2D eigenvalue weighted by molar-refractivity contribution is -0.138. The number of halogens is 1. The van der Waals surface area contributed by atoms with Gasteiger partial charge in [-0.25, -0.2) is 14.2 Å². The molecule has 0 fully saturated rings. The molecule has 1 heterocycles. The van der Waals surface area contributed by atoms with Crippen molar-refractivity contribution >= 4 is 14.0 Å². The molecule has 1 aromatic heterocycles. The highest BCUT2D eigenvalue weighted by Gasteiger charge is 2.62. The van der Waals surface area contributed by atoms with Crippen LogP contribution in [0.25, 0.3) is 22.4 Å². The van der Waals surface area contributed by atoms with E-state index in [0.29, 0.717) is 28.1 Å². The van der Waals surface area contributed by atoms with Gasteiger partial charge in [0.05, 0.1) is 11.4 Å². The van der Waals surface area contributed by atoms with Crippen LogP contribution >= 0.6 is 8.03 Å². The molecule has 180 valence electrons. The van der Waals surface area contributed by atoms with Gasteiger partial charge in [0.25, 0.3) is 0 Å². The summed E-state index contributed by atoms with van der Waals surface area (Å²) in [6.07, 6.45) is 3.78. The molecule has 0 amide bonds. The van der Waals surface area contributed by atoms with Crippen molar-refractivity contribution in [3.63, 3.8) is 0 Å². The van der Waals surface area contributed by atoms with Crippen molar-refractivity contribution in [2.45, 2.75) is 44.9 Å². The van der Waals surface area contributed by atoms with Crippen LogP contribution in [-0.4, -0.2) is 32.2 Å². The van der Waals surface area contributed by atoms with Gasteiger partial charge in [-0.3, -0.25) is 0 Å². The number of aliphatic hydroxyl groups excluding tert-OH is 1. The number of pyridine rings is 1. The average Bonchev–Trinajstić information content (AvgIpc) is 2.81. The second-order valence-electron chi connectivity index (χ2n) is 8.45. The van der Waals surface area contributed by atoms with E-state index in [1.165, 1.54) is 12.1 Å². The third-order valence-corrected chi connectivity index (χ3v) is 7.07. The molecule has 0 spiro atoms. The Bertz CT molecular complexity index is 1300. The molecule has 0 saturated heterocycles. The zero-order valence-corrected chi connectivity index (χ0v) is 20.7. The minimum absolute atomic E-state index is 0.0333. The third kappa shape index (κ3) is 4.87. The quantitative estimate of drug-likeness (QED) is 0.260. The molecule has 3 aromatic rings. The Hall–Kier alpha value is -3.43. The maximum absolute atomic E-state index is 13.7. The standard InChI is InChI=1S/C27H25FNO5P/c1-6-27(18(5)30,35(32)33)26(31)34-25-22(19-12-14-21(28)15-13-19)17(4)24(29-23(25)16(2)3)20-10-8-7-9-11-20/h1,7-16,18,30H,2-5H3/p+1. The highest BCUT2D eigenvalue weighted by Crippen LogP contribution is 2.45. The maximum Gasteiger partial charge on any atom is 0.540 e. The minimum Gasteiger partial charge on any atom is -0.419 e. The molecule has 0 radical (unpaired) electrons. The first-order chi connectivity index (χ1) is 16.5. The van der Waals surface area contributed by atoms with Crippen LogP contribution in [0.4, 0.5) is 4.39 Å². The Balaban J connectivity index is 2.36. The summed E-state index contributed by atoms with van der Waals surface area (Å²) in [6, 6.07) is 15.1. The van der Waals surface area contributed by atoms with Gasteiger partial charge >= 0.3 is 19.2 Å². The van der Waals surface area contributed by atoms with Crippen LogP contribution in [0, 0.1) is 25.1 Å². The maximum atomic E-state index is 13.7. The van der Waals surface area contributed by atoms with Crippen LogP contribution in [0.5, 0.6) is 5.75 Å². The van der Waals surface area contributed by atoms with Crippen molar-refractivity contribution in [2.24, 2.45) is 0 Å². The molecule has 3 atom stereocenters. The van der Waals surface area contributed by atoms with E-state index in [-0.39, 0.29) is 11.7 Å². The number of nitrogens with zero attached hydrogens (tertiary/aromatic N) is 1. The fourth-order valence-electron chi connectivity index (χ4n) is 3.82. The Morgan fingerprint density at radius 1 is 1.11 bits per heavy atom. The smallest absolute Gasteiger partial charge is 0.419 e. The highest BCUT2D eigenvalue weighted by atomic mass is 31.1. The van der Waals surface area contributed by atoms with E-state index in [4.69, 9.17) is 16.1 Å². The van der Waals surface area contributed by atoms with Crippen LogP contribution in [0.3, 0.4) is 0 Å². The summed E-state index contributed by atoms with van der Waals surface area (Å²) in [5.74, 6) is 0.0728. The SMILES string of the molecule is C#CC(C(=O)Oc1c(C(C)C)nc(-c2ccccc2)c(C)c1-c1ccc(F)cc1)(C(C)O)[P+](=O)O. The van der Waals surface area contributed by atoms with Gasteiger partial charge in [0.1, 0.15) is 11.9 Å². The fourth-order valence-corrected chi connectivity index (χ4v) is 4.45. The summed E-state index contributed by atoms with van der Waals surface area (Å²) in [5.41, 5.74) is 3.51. The number of aliphatic hydroxyl groups is 1. The molecule has 2 N–H and O–H groups in total. The highest BCUT2D eigenvalue weighted by molar-refractivity contribution is 7.42. The van der Waals surface area contributed by atoms with E-state index in [0.717, 1.165) is 12.5 Å². The third-order valence-electron chi connectivity index (χ3n) is 5.78. The van der Waals surface area contributed by atoms with Gasteiger partial charge in [-0.1, -0.05) is 56.3 Å². The average molecular weight is 494 g/mol. The first-order valence-corrected chi connectivity index (χ1v) is 12.2. The minimum atomic E-state index is -3.35. The largest absolute Gasteiger partial charge is 0.540 e. The summed E-state index contributed by atoms with van der Waals surface area (Å²) in [4.78, 5) is 27.9. The Labute approximate surface area is 204 Å². The second kappa shape index (κ2) is 10.5. The molecular formula is C27H26FNO5P+. The van der Waals surface area contributed by atoms with E-state index < -0.39 is 31.1 Å². The molecule has 0 aliphatic heterocycles. The molecular weight excluding hydrogens is 468 g/mol. The molecule has 2 aromatic carbocycles. The van der Waals surface area contributed by atoms with Crippen molar-refractivity contribution in [1.29, 1.82) is 0 Å². The van der Waals surface area contributed by atoms with Gasteiger partial charge in [-0.15, -0.1) is 6.42 Å². The second-order valence-corrected chi connectivity index (χ2v) is 9.70. The molecule has 8 heteroatoms. The molecule has 3 unspecified atom stereocenters. The zero-order chi connectivity index (χ0) is 25.9. The normalized spacial score (nSPS) is 14.1. The van der Waals surface area contributed by atoms with Crippen LogP contribution in [0.15, 0.2) is 54.6 Å². The molecule has 3 rings (SSSR count). The van der Waals surface area contributed by atoms with Crippen molar-refractivity contribution in [2.75, 3.05) is 0 Å². The predicted octanol–water partition coefficient (Wildman–Crippen LogP) is 5.38. The van der Waals surface area contributed by atoms with E-state index in [1.807, 2.05) is 50.1 Å². The van der Waals surface area contributed by atoms with Gasteiger partial charge in [0, 0.05) is 11.1 Å². The zero-order valence-electron chi connectivity index (χ0n) is 19.8. The van der Waals surface area contributed by atoms with Crippen molar-refractivity contribution in [1.82, 2.24) is 4.98 Å². The number of esters is 1. The monoisotopic (exact) mass is 494 g/mol. The summed E-state index contributed by atoms with van der Waals surface area (Å²) in [5, 5.41) is 7.70. The van der Waals surface area contributed by atoms with Gasteiger partial charge in [0.2, 0.25) is 0 Å². The molecule has 6 nitrogen and oxygen atoms in total. The Morgan fingerprint density at radius 2 is 1.71 bits per heavy atom. The van der Waals surface area contributed by atoms with Crippen molar-refractivity contribution in [3.8, 4) is 40.5 Å². The van der Waals surface area contributed by atoms with Crippen LogP contribution in [-0.2, 0) is 9.36 Å². The van der Waals surface area contributed by atoms with Crippen molar-refractivity contribution in [3.05, 3.63) is 71.7 Å². The summed E-state index contributed by atoms with van der Waals surface area (Å²) in [7, 11) is -3.35. The van der Waals surface area contributed by atoms with Crippen LogP contribution < -0.4 is 4.74 Å². The van der Waals surface area contributed by atoms with E-state index in [1.54, 1.807) is 19.1 Å². The fraction of sp³-hybridized carbons (Fsp3) is 0.259. The number of hydrogen-bond donors (Lipinski definition) is 2. The lowest BCUT2D eigenvalue weighted by Gasteiger charge is -2.23. The topological polar surface area (TPSA) is 96.7 Å².